The van der Waals surface area contributed by atoms with Crippen molar-refractivity contribution in [2.45, 2.75) is 25.8 Å². The van der Waals surface area contributed by atoms with Crippen LogP contribution in [0.4, 0.5) is 5.69 Å². The van der Waals surface area contributed by atoms with E-state index < -0.39 is 0 Å². The van der Waals surface area contributed by atoms with Crippen molar-refractivity contribution in [1.82, 2.24) is 4.90 Å². The monoisotopic (exact) mass is 419 g/mol. The third-order valence-corrected chi connectivity index (χ3v) is 5.63. The lowest BCUT2D eigenvalue weighted by Crippen LogP contribution is -2.29. The number of likely N-dealkylation sites (tertiary alicyclic amines) is 1. The van der Waals surface area contributed by atoms with Crippen LogP contribution >= 0.6 is 12.2 Å². The Morgan fingerprint density at radius 2 is 1.87 bits per heavy atom. The number of benzene rings is 2. The molecule has 0 bridgehead atoms. The van der Waals surface area contributed by atoms with Gasteiger partial charge in [-0.15, -0.1) is 0 Å². The lowest BCUT2D eigenvalue weighted by atomic mass is 9.98. The molecule has 156 valence electrons. The van der Waals surface area contributed by atoms with Crippen LogP contribution in [0.15, 0.2) is 54.4 Å². The van der Waals surface area contributed by atoms with Gasteiger partial charge in [-0.3, -0.25) is 10.3 Å². The fourth-order valence-electron chi connectivity index (χ4n) is 3.72. The van der Waals surface area contributed by atoms with Crippen LogP contribution in [0.1, 0.15) is 41.5 Å². The molecule has 0 saturated carbocycles. The normalized spacial score (nSPS) is 15.7. The summed E-state index contributed by atoms with van der Waals surface area (Å²) < 4.78 is 0. The molecule has 0 unspecified atom stereocenters. The molecule has 0 atom stereocenters. The number of nitrogen functional groups attached to an aromatic ring is 1. The van der Waals surface area contributed by atoms with Crippen molar-refractivity contribution in [3.63, 3.8) is 0 Å². The zero-order chi connectivity index (χ0) is 21.5. The van der Waals surface area contributed by atoms with E-state index in [1.165, 1.54) is 36.4 Å². The molecule has 0 aromatic heterocycles. The van der Waals surface area contributed by atoms with E-state index in [2.05, 4.69) is 17.0 Å². The molecule has 6 heteroatoms. The Kier molecular flexibility index (Phi) is 7.38. The van der Waals surface area contributed by atoms with E-state index in [1.807, 2.05) is 24.3 Å². The first-order valence-electron chi connectivity index (χ1n) is 10.2. The Balaban J connectivity index is 1.81. The number of hydrogen-bond donors (Lipinski definition) is 4. The second-order valence-corrected chi connectivity index (χ2v) is 7.83. The minimum absolute atomic E-state index is 0.177. The highest BCUT2D eigenvalue weighted by Gasteiger charge is 2.12. The molecule has 30 heavy (non-hydrogen) atoms. The average molecular weight is 420 g/mol. The summed E-state index contributed by atoms with van der Waals surface area (Å²) in [5, 5.41) is 10.1. The number of nitrogens with two attached hydrogens (primary N) is 3. The van der Waals surface area contributed by atoms with Crippen molar-refractivity contribution in [2.24, 2.45) is 11.5 Å². The molecule has 2 aromatic rings. The number of anilines is 1. The van der Waals surface area contributed by atoms with Crippen LogP contribution in [-0.2, 0) is 6.54 Å². The highest BCUT2D eigenvalue weighted by Crippen LogP contribution is 2.22. The van der Waals surface area contributed by atoms with Gasteiger partial charge in [0.1, 0.15) is 0 Å². The largest absolute Gasteiger partial charge is 0.404 e. The molecule has 1 aliphatic heterocycles. The SMILES string of the molecule is N=C(/C(N)=C/c1cccc(CN2CCCCC2)c1)c1cc(/C(C=S)=C/N)ccc1N. The predicted octanol–water partition coefficient (Wildman–Crippen LogP) is 3.92. The lowest BCUT2D eigenvalue weighted by Gasteiger charge is -2.26. The average Bonchev–Trinajstić information content (AvgIpc) is 2.76. The topological polar surface area (TPSA) is 105 Å². The summed E-state index contributed by atoms with van der Waals surface area (Å²) in [6, 6.07) is 13.7. The first-order chi connectivity index (χ1) is 14.5. The Hall–Kier alpha value is -2.96. The minimum atomic E-state index is 0.177. The van der Waals surface area contributed by atoms with E-state index in [0.29, 0.717) is 22.5 Å². The van der Waals surface area contributed by atoms with Gasteiger partial charge < -0.3 is 17.2 Å². The van der Waals surface area contributed by atoms with Crippen LogP contribution in [0.3, 0.4) is 0 Å². The van der Waals surface area contributed by atoms with Crippen molar-refractivity contribution in [2.75, 3.05) is 18.8 Å². The van der Waals surface area contributed by atoms with Gasteiger partial charge in [-0.2, -0.15) is 0 Å². The van der Waals surface area contributed by atoms with E-state index in [4.69, 9.17) is 34.8 Å². The van der Waals surface area contributed by atoms with Crippen molar-refractivity contribution >= 4 is 40.6 Å². The number of piperidine rings is 1. The maximum Gasteiger partial charge on any atom is 0.0862 e. The van der Waals surface area contributed by atoms with Gasteiger partial charge in [0, 0.05) is 34.9 Å². The molecule has 3 rings (SSSR count). The Bertz CT molecular complexity index is 987. The molecule has 1 saturated heterocycles. The predicted molar refractivity (Wildman–Crippen MR) is 131 cm³/mol. The molecule has 5 nitrogen and oxygen atoms in total. The number of nitrogens with zero attached hydrogens (tertiary/aromatic N) is 1. The van der Waals surface area contributed by atoms with Gasteiger partial charge in [0.05, 0.1) is 11.4 Å². The molecule has 2 aromatic carbocycles. The summed E-state index contributed by atoms with van der Waals surface area (Å²) in [6.45, 7) is 3.26. The number of rotatable bonds is 7. The smallest absolute Gasteiger partial charge is 0.0862 e. The van der Waals surface area contributed by atoms with Crippen molar-refractivity contribution < 1.29 is 0 Å². The van der Waals surface area contributed by atoms with E-state index in [-0.39, 0.29) is 5.71 Å². The molecule has 0 spiro atoms. The Morgan fingerprint density at radius 3 is 2.57 bits per heavy atom. The second-order valence-electron chi connectivity index (χ2n) is 7.60. The first-order valence-corrected chi connectivity index (χ1v) is 10.6. The fourth-order valence-corrected chi connectivity index (χ4v) is 3.93. The number of allylic oxidation sites excluding steroid dienone is 2. The summed E-state index contributed by atoms with van der Waals surface area (Å²) in [6.07, 6.45) is 7.14. The zero-order valence-electron chi connectivity index (χ0n) is 17.1. The fraction of sp³-hybridized carbons (Fsp3) is 0.250. The summed E-state index contributed by atoms with van der Waals surface area (Å²) in [5.74, 6) is 0. The minimum Gasteiger partial charge on any atom is -0.404 e. The quantitative estimate of drug-likeness (QED) is 0.236. The standard InChI is InChI=1S/C24H29N5S/c25-14-20(16-30)19-7-8-22(26)21(13-19)24(28)23(27)12-17-5-4-6-18(11-17)15-29-9-2-1-3-10-29/h4-8,11-14,16,28H,1-3,9-10,15,25-27H2/b20-14+,23-12-,28-24?. The van der Waals surface area contributed by atoms with E-state index in [9.17, 15) is 0 Å². The van der Waals surface area contributed by atoms with Crippen LogP contribution in [0.25, 0.3) is 11.6 Å². The molecular formula is C24H29N5S. The van der Waals surface area contributed by atoms with Crippen molar-refractivity contribution in [3.05, 3.63) is 76.6 Å². The molecule has 0 radical (unpaired) electrons. The molecule has 0 aliphatic carbocycles. The highest BCUT2D eigenvalue weighted by molar-refractivity contribution is 7.79. The summed E-state index contributed by atoms with van der Waals surface area (Å²) in [5.41, 5.74) is 23.3. The number of nitrogens with one attached hydrogen (secondary N) is 1. The Labute approximate surface area is 183 Å². The van der Waals surface area contributed by atoms with Gasteiger partial charge in [0.2, 0.25) is 0 Å². The Morgan fingerprint density at radius 1 is 1.10 bits per heavy atom. The molecule has 0 amide bonds. The van der Waals surface area contributed by atoms with Gasteiger partial charge in [0.25, 0.3) is 0 Å². The summed E-state index contributed by atoms with van der Waals surface area (Å²) >= 11 is 5.01. The maximum atomic E-state index is 8.57. The van der Waals surface area contributed by atoms with E-state index in [1.54, 1.807) is 12.1 Å². The van der Waals surface area contributed by atoms with Gasteiger partial charge in [-0.25, -0.2) is 0 Å². The van der Waals surface area contributed by atoms with Gasteiger partial charge in [-0.1, -0.05) is 49.0 Å². The van der Waals surface area contributed by atoms with Crippen molar-refractivity contribution in [3.8, 4) is 0 Å². The van der Waals surface area contributed by atoms with E-state index >= 15 is 0 Å². The van der Waals surface area contributed by atoms with Crippen LogP contribution in [0.2, 0.25) is 0 Å². The molecule has 1 heterocycles. The van der Waals surface area contributed by atoms with Gasteiger partial charge in [-0.05, 0) is 60.8 Å². The van der Waals surface area contributed by atoms with Crippen LogP contribution in [0.5, 0.6) is 0 Å². The zero-order valence-corrected chi connectivity index (χ0v) is 17.9. The van der Waals surface area contributed by atoms with Crippen molar-refractivity contribution in [1.29, 1.82) is 5.41 Å². The number of thiocarbonyl (C=S) groups is 1. The van der Waals surface area contributed by atoms with Gasteiger partial charge >= 0.3 is 0 Å². The third kappa shape index (κ3) is 5.34. The maximum absolute atomic E-state index is 8.57. The van der Waals surface area contributed by atoms with Gasteiger partial charge in [0.15, 0.2) is 0 Å². The molecule has 7 N–H and O–H groups in total. The molecule has 1 aliphatic rings. The summed E-state index contributed by atoms with van der Waals surface area (Å²) in [7, 11) is 0. The van der Waals surface area contributed by atoms with Crippen LogP contribution in [-0.4, -0.2) is 29.1 Å². The molecular weight excluding hydrogens is 390 g/mol. The van der Waals surface area contributed by atoms with E-state index in [0.717, 1.165) is 30.8 Å². The first kappa shape index (κ1) is 21.7. The van der Waals surface area contributed by atoms with Crippen LogP contribution in [0, 0.1) is 5.41 Å². The van der Waals surface area contributed by atoms with Crippen LogP contribution < -0.4 is 17.2 Å². The summed E-state index contributed by atoms with van der Waals surface area (Å²) in [4.78, 5) is 2.49. The number of hydrogen-bond acceptors (Lipinski definition) is 6. The highest BCUT2D eigenvalue weighted by atomic mass is 32.1. The third-order valence-electron chi connectivity index (χ3n) is 5.38. The second kappa shape index (κ2) is 10.2. The molecule has 1 fully saturated rings. The lowest BCUT2D eigenvalue weighted by molar-refractivity contribution is 0.221.